The van der Waals surface area contributed by atoms with Gasteiger partial charge in [0.15, 0.2) is 5.96 Å². The van der Waals surface area contributed by atoms with E-state index in [1.54, 1.807) is 24.3 Å². The average Bonchev–Trinajstić information content (AvgIpc) is 2.56. The van der Waals surface area contributed by atoms with Crippen LogP contribution in [0.15, 0.2) is 48.5 Å². The lowest BCUT2D eigenvalue weighted by Crippen LogP contribution is -2.41. The summed E-state index contributed by atoms with van der Waals surface area (Å²) < 4.78 is 0. The van der Waals surface area contributed by atoms with Crippen molar-refractivity contribution in [3.05, 3.63) is 65.2 Å². The number of aromatic hydroxyl groups is 1. The first kappa shape index (κ1) is 17.5. The Kier molecular flexibility index (Phi) is 5.58. The zero-order chi connectivity index (χ0) is 17.7. The Balaban J connectivity index is 2.50. The SMILES string of the molecule is CCCc1cccc(C(C(=O)N(C)C(=N)N)c2ccc(O)cc2)c1. The van der Waals surface area contributed by atoms with E-state index in [4.69, 9.17) is 11.1 Å². The van der Waals surface area contributed by atoms with Crippen LogP contribution in [0.1, 0.15) is 36.0 Å². The minimum atomic E-state index is -0.573. The average molecular weight is 325 g/mol. The zero-order valence-corrected chi connectivity index (χ0v) is 14.0. The Bertz CT molecular complexity index is 726. The predicted molar refractivity (Wildman–Crippen MR) is 95.1 cm³/mol. The topological polar surface area (TPSA) is 90.4 Å². The molecule has 0 fully saturated rings. The Morgan fingerprint density at radius 3 is 2.46 bits per heavy atom. The quantitative estimate of drug-likeness (QED) is 0.583. The Labute approximate surface area is 142 Å². The molecule has 0 aliphatic heterocycles. The molecule has 0 heterocycles. The maximum absolute atomic E-state index is 12.9. The van der Waals surface area contributed by atoms with E-state index in [-0.39, 0.29) is 17.6 Å². The summed E-state index contributed by atoms with van der Waals surface area (Å²) in [6.45, 7) is 2.11. The number of nitrogens with two attached hydrogens (primary N) is 1. The highest BCUT2D eigenvalue weighted by Crippen LogP contribution is 2.29. The van der Waals surface area contributed by atoms with E-state index in [9.17, 15) is 9.90 Å². The van der Waals surface area contributed by atoms with E-state index >= 15 is 0 Å². The molecule has 0 bridgehead atoms. The van der Waals surface area contributed by atoms with Crippen LogP contribution in [0, 0.1) is 5.41 Å². The number of phenols is 1. The zero-order valence-electron chi connectivity index (χ0n) is 14.0. The number of carbonyl (C=O) groups is 1. The minimum Gasteiger partial charge on any atom is -0.508 e. The molecule has 2 aromatic carbocycles. The first-order valence-electron chi connectivity index (χ1n) is 7.93. The van der Waals surface area contributed by atoms with Gasteiger partial charge in [-0.05, 0) is 35.2 Å². The Morgan fingerprint density at radius 1 is 1.21 bits per heavy atom. The number of carbonyl (C=O) groups excluding carboxylic acids is 1. The molecule has 0 saturated carbocycles. The van der Waals surface area contributed by atoms with Crippen LogP contribution in [-0.4, -0.2) is 28.9 Å². The van der Waals surface area contributed by atoms with Crippen molar-refractivity contribution >= 4 is 11.9 Å². The third-order valence-corrected chi connectivity index (χ3v) is 3.99. The molecule has 126 valence electrons. The van der Waals surface area contributed by atoms with Gasteiger partial charge in [0.05, 0.1) is 5.92 Å². The molecule has 1 unspecified atom stereocenters. The van der Waals surface area contributed by atoms with Gasteiger partial charge < -0.3 is 10.8 Å². The molecule has 2 rings (SSSR count). The number of rotatable bonds is 5. The van der Waals surface area contributed by atoms with Crippen molar-refractivity contribution in [3.8, 4) is 5.75 Å². The van der Waals surface area contributed by atoms with E-state index < -0.39 is 5.92 Å². The number of hydrogen-bond acceptors (Lipinski definition) is 3. The fraction of sp³-hybridized carbons (Fsp3) is 0.263. The molecular formula is C19H23N3O2. The number of aryl methyl sites for hydroxylation is 1. The van der Waals surface area contributed by atoms with Crippen LogP contribution in [0.3, 0.4) is 0 Å². The van der Waals surface area contributed by atoms with Crippen molar-refractivity contribution in [2.24, 2.45) is 5.73 Å². The largest absolute Gasteiger partial charge is 0.508 e. The summed E-state index contributed by atoms with van der Waals surface area (Å²) in [4.78, 5) is 14.0. The molecule has 0 aliphatic carbocycles. The molecule has 0 aliphatic rings. The molecule has 1 atom stereocenters. The van der Waals surface area contributed by atoms with Crippen LogP contribution in [-0.2, 0) is 11.2 Å². The van der Waals surface area contributed by atoms with Crippen LogP contribution < -0.4 is 5.73 Å². The molecule has 0 radical (unpaired) electrons. The second-order valence-electron chi connectivity index (χ2n) is 5.80. The van der Waals surface area contributed by atoms with Crippen LogP contribution in [0.25, 0.3) is 0 Å². The summed E-state index contributed by atoms with van der Waals surface area (Å²) in [6.07, 6.45) is 1.96. The molecule has 5 heteroatoms. The first-order chi connectivity index (χ1) is 11.4. The van der Waals surface area contributed by atoms with Gasteiger partial charge in [-0.2, -0.15) is 0 Å². The molecule has 1 amide bonds. The third kappa shape index (κ3) is 3.93. The van der Waals surface area contributed by atoms with Crippen LogP contribution in [0.5, 0.6) is 5.75 Å². The van der Waals surface area contributed by atoms with Gasteiger partial charge in [0.25, 0.3) is 0 Å². The van der Waals surface area contributed by atoms with Crippen LogP contribution in [0.2, 0.25) is 0 Å². The predicted octanol–water partition coefficient (Wildman–Crippen LogP) is 2.83. The molecular weight excluding hydrogens is 302 g/mol. The fourth-order valence-corrected chi connectivity index (χ4v) is 2.67. The summed E-state index contributed by atoms with van der Waals surface area (Å²) in [5.41, 5.74) is 8.25. The molecule has 0 spiro atoms. The number of hydrogen-bond donors (Lipinski definition) is 3. The molecule has 0 saturated heterocycles. The second kappa shape index (κ2) is 7.64. The number of nitrogens with zero attached hydrogens (tertiary/aromatic N) is 1. The first-order valence-corrected chi connectivity index (χ1v) is 7.93. The highest BCUT2D eigenvalue weighted by molar-refractivity contribution is 5.99. The van der Waals surface area contributed by atoms with Crippen molar-refractivity contribution in [2.75, 3.05) is 7.05 Å². The number of phenolic OH excluding ortho intramolecular Hbond substituents is 1. The number of nitrogens with one attached hydrogen (secondary N) is 1. The standard InChI is InChI=1S/C19H23N3O2/c1-3-5-13-6-4-7-15(12-13)17(18(24)22(2)19(20)21)14-8-10-16(23)11-9-14/h4,6-12,17,23H,3,5H2,1-2H3,(H3,20,21). The van der Waals surface area contributed by atoms with E-state index in [0.717, 1.165) is 34.4 Å². The lowest BCUT2D eigenvalue weighted by Gasteiger charge is -2.23. The minimum absolute atomic E-state index is 0.143. The molecule has 2 aromatic rings. The van der Waals surface area contributed by atoms with Gasteiger partial charge in [-0.1, -0.05) is 49.7 Å². The van der Waals surface area contributed by atoms with Gasteiger partial charge in [-0.15, -0.1) is 0 Å². The summed E-state index contributed by atoms with van der Waals surface area (Å²) in [5, 5.41) is 17.0. The summed E-state index contributed by atoms with van der Waals surface area (Å²) in [6, 6.07) is 14.5. The van der Waals surface area contributed by atoms with Crippen LogP contribution in [0.4, 0.5) is 0 Å². The highest BCUT2D eigenvalue weighted by atomic mass is 16.3. The highest BCUT2D eigenvalue weighted by Gasteiger charge is 2.27. The smallest absolute Gasteiger partial charge is 0.241 e. The van der Waals surface area contributed by atoms with Crippen molar-refractivity contribution in [3.63, 3.8) is 0 Å². The van der Waals surface area contributed by atoms with E-state index in [0.29, 0.717) is 0 Å². The van der Waals surface area contributed by atoms with Gasteiger partial charge in [0.1, 0.15) is 5.75 Å². The van der Waals surface area contributed by atoms with Crippen molar-refractivity contribution in [1.29, 1.82) is 5.41 Å². The number of benzene rings is 2. The van der Waals surface area contributed by atoms with Crippen molar-refractivity contribution in [1.82, 2.24) is 4.90 Å². The Hall–Kier alpha value is -2.82. The van der Waals surface area contributed by atoms with Gasteiger partial charge >= 0.3 is 0 Å². The van der Waals surface area contributed by atoms with E-state index in [1.165, 1.54) is 7.05 Å². The van der Waals surface area contributed by atoms with Gasteiger partial charge in [0.2, 0.25) is 5.91 Å². The Morgan fingerprint density at radius 2 is 1.88 bits per heavy atom. The molecule has 0 aromatic heterocycles. The number of likely N-dealkylation sites (N-methyl/N-ethyl adjacent to an activating group) is 1. The summed E-state index contributed by atoms with van der Waals surface area (Å²) in [5.74, 6) is -1.00. The molecule has 5 nitrogen and oxygen atoms in total. The van der Waals surface area contributed by atoms with Gasteiger partial charge in [-0.3, -0.25) is 15.1 Å². The van der Waals surface area contributed by atoms with E-state index in [2.05, 4.69) is 6.92 Å². The lowest BCUT2D eigenvalue weighted by atomic mass is 9.88. The second-order valence-corrected chi connectivity index (χ2v) is 5.80. The van der Waals surface area contributed by atoms with Gasteiger partial charge in [-0.25, -0.2) is 0 Å². The lowest BCUT2D eigenvalue weighted by molar-refractivity contribution is -0.127. The molecule has 4 N–H and O–H groups in total. The summed E-state index contributed by atoms with van der Waals surface area (Å²) in [7, 11) is 1.49. The maximum Gasteiger partial charge on any atom is 0.241 e. The number of amides is 1. The van der Waals surface area contributed by atoms with Crippen molar-refractivity contribution in [2.45, 2.75) is 25.7 Å². The van der Waals surface area contributed by atoms with E-state index in [1.807, 2.05) is 24.3 Å². The molecule has 24 heavy (non-hydrogen) atoms. The maximum atomic E-state index is 12.9. The monoisotopic (exact) mass is 325 g/mol. The van der Waals surface area contributed by atoms with Crippen molar-refractivity contribution < 1.29 is 9.90 Å². The fourth-order valence-electron chi connectivity index (χ4n) is 2.67. The number of guanidine groups is 1. The third-order valence-electron chi connectivity index (χ3n) is 3.99. The van der Waals surface area contributed by atoms with Gasteiger partial charge in [0, 0.05) is 7.05 Å². The summed E-state index contributed by atoms with van der Waals surface area (Å²) >= 11 is 0. The van der Waals surface area contributed by atoms with Crippen LogP contribution >= 0.6 is 0 Å². The normalized spacial score (nSPS) is 11.8.